The molecule has 1 aromatic heterocycles. The van der Waals surface area contributed by atoms with E-state index in [4.69, 9.17) is 11.6 Å². The third-order valence-corrected chi connectivity index (χ3v) is 3.67. The molecular weight excluding hydrogens is 286 g/mol. The van der Waals surface area contributed by atoms with Crippen LogP contribution in [-0.4, -0.2) is 22.9 Å². The monoisotopic (exact) mass is 299 g/mol. The van der Waals surface area contributed by atoms with Crippen molar-refractivity contribution in [1.29, 1.82) is 0 Å². The molecule has 0 spiro atoms. The molecule has 0 saturated heterocycles. The van der Waals surface area contributed by atoms with E-state index in [2.05, 4.69) is 9.97 Å². The molecule has 3 rings (SSSR count). The summed E-state index contributed by atoms with van der Waals surface area (Å²) in [6.45, 7) is 1.54. The van der Waals surface area contributed by atoms with E-state index in [1.165, 1.54) is 6.92 Å². The van der Waals surface area contributed by atoms with E-state index in [-0.39, 0.29) is 5.91 Å². The third-order valence-electron chi connectivity index (χ3n) is 3.44. The standard InChI is InChI=1S/C16H14ClN3O/c1-10(21)20(2)15-6-4-3-5-12(15)16-18-13-8-7-11(17)9-14(13)19-16/h3-9H,1-2H3,(H,18,19). The van der Waals surface area contributed by atoms with E-state index in [0.717, 1.165) is 28.1 Å². The van der Waals surface area contributed by atoms with Crippen molar-refractivity contribution in [1.82, 2.24) is 9.97 Å². The van der Waals surface area contributed by atoms with Gasteiger partial charge in [-0.1, -0.05) is 23.7 Å². The van der Waals surface area contributed by atoms with Crippen LogP contribution >= 0.6 is 11.6 Å². The summed E-state index contributed by atoms with van der Waals surface area (Å²) in [6.07, 6.45) is 0. The molecule has 0 unspecified atom stereocenters. The maximum Gasteiger partial charge on any atom is 0.223 e. The van der Waals surface area contributed by atoms with Gasteiger partial charge >= 0.3 is 0 Å². The minimum atomic E-state index is -0.0263. The summed E-state index contributed by atoms with van der Waals surface area (Å²) in [5, 5.41) is 0.659. The zero-order chi connectivity index (χ0) is 15.0. The van der Waals surface area contributed by atoms with Gasteiger partial charge in [0, 0.05) is 24.6 Å². The van der Waals surface area contributed by atoms with Crippen LogP contribution in [0.4, 0.5) is 5.69 Å². The fourth-order valence-electron chi connectivity index (χ4n) is 2.25. The maximum absolute atomic E-state index is 11.6. The lowest BCUT2D eigenvalue weighted by atomic mass is 10.1. The second-order valence-electron chi connectivity index (χ2n) is 4.84. The van der Waals surface area contributed by atoms with Gasteiger partial charge in [-0.25, -0.2) is 4.98 Å². The average Bonchev–Trinajstić information content (AvgIpc) is 2.89. The van der Waals surface area contributed by atoms with Crippen LogP contribution in [0.15, 0.2) is 42.5 Å². The summed E-state index contributed by atoms with van der Waals surface area (Å²) in [5.41, 5.74) is 3.41. The SMILES string of the molecule is CC(=O)N(C)c1ccccc1-c1nc2ccc(Cl)cc2[nH]1. The number of carbonyl (C=O) groups excluding carboxylic acids is 1. The topological polar surface area (TPSA) is 49.0 Å². The largest absolute Gasteiger partial charge is 0.338 e. The number of amides is 1. The van der Waals surface area contributed by atoms with Crippen molar-refractivity contribution in [2.45, 2.75) is 6.92 Å². The minimum Gasteiger partial charge on any atom is -0.338 e. The zero-order valence-corrected chi connectivity index (χ0v) is 12.5. The number of para-hydroxylation sites is 1. The molecule has 0 fully saturated rings. The van der Waals surface area contributed by atoms with E-state index in [0.29, 0.717) is 5.02 Å². The van der Waals surface area contributed by atoms with E-state index < -0.39 is 0 Å². The lowest BCUT2D eigenvalue weighted by Gasteiger charge is -2.17. The van der Waals surface area contributed by atoms with Crippen molar-refractivity contribution in [3.63, 3.8) is 0 Å². The van der Waals surface area contributed by atoms with Gasteiger partial charge in [0.05, 0.1) is 16.7 Å². The van der Waals surface area contributed by atoms with Gasteiger partial charge in [-0.15, -0.1) is 0 Å². The van der Waals surface area contributed by atoms with Crippen molar-refractivity contribution in [2.75, 3.05) is 11.9 Å². The molecule has 1 N–H and O–H groups in total. The molecule has 0 bridgehead atoms. The number of H-pyrrole nitrogens is 1. The predicted octanol–water partition coefficient (Wildman–Crippen LogP) is 3.87. The van der Waals surface area contributed by atoms with E-state index in [1.807, 2.05) is 42.5 Å². The van der Waals surface area contributed by atoms with Crippen LogP contribution in [0.5, 0.6) is 0 Å². The van der Waals surface area contributed by atoms with Crippen LogP contribution in [0.1, 0.15) is 6.92 Å². The van der Waals surface area contributed by atoms with Crippen LogP contribution in [0.25, 0.3) is 22.4 Å². The number of aromatic nitrogens is 2. The Morgan fingerprint density at radius 1 is 1.24 bits per heavy atom. The lowest BCUT2D eigenvalue weighted by Crippen LogP contribution is -2.23. The number of nitrogens with zero attached hydrogens (tertiary/aromatic N) is 2. The van der Waals surface area contributed by atoms with Crippen LogP contribution in [0.3, 0.4) is 0 Å². The Labute approximate surface area is 127 Å². The molecule has 0 aliphatic carbocycles. The molecule has 3 aromatic rings. The zero-order valence-electron chi connectivity index (χ0n) is 11.7. The summed E-state index contributed by atoms with van der Waals surface area (Å²) in [5.74, 6) is 0.692. The summed E-state index contributed by atoms with van der Waals surface area (Å²) < 4.78 is 0. The predicted molar refractivity (Wildman–Crippen MR) is 85.6 cm³/mol. The highest BCUT2D eigenvalue weighted by atomic mass is 35.5. The molecular formula is C16H14ClN3O. The first-order chi connectivity index (χ1) is 10.1. The van der Waals surface area contributed by atoms with Gasteiger partial charge in [0.1, 0.15) is 5.82 Å². The van der Waals surface area contributed by atoms with Crippen molar-refractivity contribution in [3.05, 3.63) is 47.5 Å². The van der Waals surface area contributed by atoms with Gasteiger partial charge in [-0.05, 0) is 30.3 Å². The highest BCUT2D eigenvalue weighted by Crippen LogP contribution is 2.30. The first-order valence-corrected chi connectivity index (χ1v) is 6.93. The number of halogens is 1. The fraction of sp³-hybridized carbons (Fsp3) is 0.125. The molecule has 0 atom stereocenters. The second-order valence-corrected chi connectivity index (χ2v) is 5.28. The maximum atomic E-state index is 11.6. The Hall–Kier alpha value is -2.33. The minimum absolute atomic E-state index is 0.0263. The smallest absolute Gasteiger partial charge is 0.223 e. The van der Waals surface area contributed by atoms with Gasteiger partial charge < -0.3 is 9.88 Å². The van der Waals surface area contributed by atoms with Gasteiger partial charge in [0.15, 0.2) is 0 Å². The van der Waals surface area contributed by atoms with Crippen molar-refractivity contribution >= 4 is 34.2 Å². The summed E-state index contributed by atoms with van der Waals surface area (Å²) in [7, 11) is 1.75. The molecule has 4 nitrogen and oxygen atoms in total. The van der Waals surface area contributed by atoms with Crippen molar-refractivity contribution in [3.8, 4) is 11.4 Å². The number of aromatic amines is 1. The van der Waals surface area contributed by atoms with Crippen molar-refractivity contribution < 1.29 is 4.79 Å². The molecule has 0 aliphatic heterocycles. The average molecular weight is 300 g/mol. The molecule has 0 aliphatic rings. The molecule has 0 radical (unpaired) electrons. The number of hydrogen-bond donors (Lipinski definition) is 1. The summed E-state index contributed by atoms with van der Waals surface area (Å²) >= 11 is 6.00. The van der Waals surface area contributed by atoms with Gasteiger partial charge in [-0.2, -0.15) is 0 Å². The highest BCUT2D eigenvalue weighted by molar-refractivity contribution is 6.31. The van der Waals surface area contributed by atoms with E-state index in [1.54, 1.807) is 11.9 Å². The Balaban J connectivity index is 2.16. The quantitative estimate of drug-likeness (QED) is 0.781. The second kappa shape index (κ2) is 5.22. The summed E-state index contributed by atoms with van der Waals surface area (Å²) in [4.78, 5) is 21.1. The molecule has 2 aromatic carbocycles. The third kappa shape index (κ3) is 2.50. The molecule has 5 heteroatoms. The number of fused-ring (bicyclic) bond motifs is 1. The fourth-order valence-corrected chi connectivity index (χ4v) is 2.42. The Morgan fingerprint density at radius 3 is 2.76 bits per heavy atom. The molecule has 0 saturated carbocycles. The molecule has 21 heavy (non-hydrogen) atoms. The van der Waals surface area contributed by atoms with Crippen LogP contribution in [0.2, 0.25) is 5.02 Å². The number of hydrogen-bond acceptors (Lipinski definition) is 2. The number of anilines is 1. The Kier molecular flexibility index (Phi) is 3.39. The number of carbonyl (C=O) groups is 1. The van der Waals surface area contributed by atoms with E-state index in [9.17, 15) is 4.79 Å². The first kappa shape index (κ1) is 13.6. The molecule has 1 heterocycles. The Bertz CT molecular complexity index is 825. The van der Waals surface area contributed by atoms with Crippen LogP contribution in [-0.2, 0) is 4.79 Å². The first-order valence-electron chi connectivity index (χ1n) is 6.55. The number of rotatable bonds is 2. The number of nitrogens with one attached hydrogen (secondary N) is 1. The van der Waals surface area contributed by atoms with Gasteiger partial charge in [0.25, 0.3) is 0 Å². The summed E-state index contributed by atoms with van der Waals surface area (Å²) in [6, 6.07) is 13.2. The van der Waals surface area contributed by atoms with Gasteiger partial charge in [-0.3, -0.25) is 4.79 Å². The van der Waals surface area contributed by atoms with Gasteiger partial charge in [0.2, 0.25) is 5.91 Å². The number of benzene rings is 2. The highest BCUT2D eigenvalue weighted by Gasteiger charge is 2.14. The van der Waals surface area contributed by atoms with Crippen molar-refractivity contribution in [2.24, 2.45) is 0 Å². The van der Waals surface area contributed by atoms with Crippen LogP contribution in [0, 0.1) is 0 Å². The number of imidazole rings is 1. The van der Waals surface area contributed by atoms with Crippen LogP contribution < -0.4 is 4.90 Å². The lowest BCUT2D eigenvalue weighted by molar-refractivity contribution is -0.116. The van der Waals surface area contributed by atoms with E-state index >= 15 is 0 Å². The Morgan fingerprint density at radius 2 is 2.00 bits per heavy atom. The molecule has 106 valence electrons. The molecule has 1 amide bonds. The normalized spacial score (nSPS) is 10.8.